The van der Waals surface area contributed by atoms with Gasteiger partial charge in [0, 0.05) is 6.54 Å². The van der Waals surface area contributed by atoms with Crippen molar-refractivity contribution in [3.05, 3.63) is 58.5 Å². The average Bonchev–Trinajstić information content (AvgIpc) is 2.83. The van der Waals surface area contributed by atoms with Crippen LogP contribution in [-0.2, 0) is 6.42 Å². The summed E-state index contributed by atoms with van der Waals surface area (Å²) in [7, 11) is 0. The van der Waals surface area contributed by atoms with Crippen LogP contribution in [-0.4, -0.2) is 6.54 Å². The molecule has 0 saturated heterocycles. The third-order valence-electron chi connectivity index (χ3n) is 3.64. The van der Waals surface area contributed by atoms with Crippen LogP contribution in [0.15, 0.2) is 34.9 Å². The molecule has 0 saturated carbocycles. The molecule has 2 nitrogen and oxygen atoms in total. The predicted molar refractivity (Wildman–Crippen MR) is 68.2 cm³/mol. The summed E-state index contributed by atoms with van der Waals surface area (Å²) in [5.41, 5.74) is 5.55. The molecule has 1 aromatic heterocycles. The van der Waals surface area contributed by atoms with Crippen molar-refractivity contribution in [1.29, 1.82) is 0 Å². The first-order valence-electron chi connectivity index (χ1n) is 6.12. The second kappa shape index (κ2) is 4.04. The molecule has 0 amide bonds. The summed E-state index contributed by atoms with van der Waals surface area (Å²) in [5, 5.41) is 3.53. The molecule has 0 fully saturated rings. The fourth-order valence-corrected chi connectivity index (χ4v) is 2.55. The Morgan fingerprint density at radius 2 is 2.06 bits per heavy atom. The molecule has 1 aromatic carbocycles. The van der Waals surface area contributed by atoms with Crippen LogP contribution in [0.4, 0.5) is 0 Å². The van der Waals surface area contributed by atoms with Gasteiger partial charge in [-0.1, -0.05) is 12.1 Å². The molecule has 17 heavy (non-hydrogen) atoms. The minimum Gasteiger partial charge on any atom is -0.467 e. The van der Waals surface area contributed by atoms with Crippen molar-refractivity contribution in [3.8, 4) is 0 Å². The van der Waals surface area contributed by atoms with E-state index in [1.807, 2.05) is 12.1 Å². The second-order valence-corrected chi connectivity index (χ2v) is 4.79. The van der Waals surface area contributed by atoms with E-state index in [1.54, 1.807) is 6.26 Å². The van der Waals surface area contributed by atoms with Crippen molar-refractivity contribution in [2.24, 2.45) is 0 Å². The maximum Gasteiger partial charge on any atom is 0.125 e. The Labute approximate surface area is 102 Å². The quantitative estimate of drug-likeness (QED) is 0.809. The molecular formula is C15H17NO. The Morgan fingerprint density at radius 1 is 1.24 bits per heavy atom. The summed E-state index contributed by atoms with van der Waals surface area (Å²) < 4.78 is 5.54. The topological polar surface area (TPSA) is 25.2 Å². The zero-order chi connectivity index (χ0) is 11.8. The Bertz CT molecular complexity index is 528. The molecule has 0 radical (unpaired) electrons. The smallest absolute Gasteiger partial charge is 0.125 e. The number of furan rings is 1. The molecule has 2 heteroatoms. The van der Waals surface area contributed by atoms with Gasteiger partial charge in [-0.25, -0.2) is 0 Å². The minimum atomic E-state index is 0.216. The van der Waals surface area contributed by atoms with Crippen LogP contribution in [0.3, 0.4) is 0 Å². The second-order valence-electron chi connectivity index (χ2n) is 4.79. The zero-order valence-electron chi connectivity index (χ0n) is 10.3. The first-order chi connectivity index (χ1) is 8.25. The van der Waals surface area contributed by atoms with Gasteiger partial charge in [-0.15, -0.1) is 0 Å². The standard InChI is InChI=1S/C15H17NO/c1-10-8-12-5-6-16-15(13(12)9-11(10)2)14-4-3-7-17-14/h3-4,7-9,15-16H,5-6H2,1-2H3. The van der Waals surface area contributed by atoms with Crippen LogP contribution < -0.4 is 5.32 Å². The number of hydrogen-bond donors (Lipinski definition) is 1. The van der Waals surface area contributed by atoms with E-state index < -0.39 is 0 Å². The van der Waals surface area contributed by atoms with Gasteiger partial charge in [0.25, 0.3) is 0 Å². The lowest BCUT2D eigenvalue weighted by Crippen LogP contribution is -2.30. The maximum atomic E-state index is 5.54. The van der Waals surface area contributed by atoms with E-state index in [2.05, 4.69) is 31.3 Å². The van der Waals surface area contributed by atoms with Crippen LogP contribution >= 0.6 is 0 Å². The Morgan fingerprint density at radius 3 is 2.82 bits per heavy atom. The van der Waals surface area contributed by atoms with E-state index >= 15 is 0 Å². The first-order valence-corrected chi connectivity index (χ1v) is 6.12. The fraction of sp³-hybridized carbons (Fsp3) is 0.333. The number of rotatable bonds is 1. The number of benzene rings is 1. The molecule has 2 heterocycles. The van der Waals surface area contributed by atoms with E-state index in [0.717, 1.165) is 18.7 Å². The van der Waals surface area contributed by atoms with Gasteiger partial charge in [0.2, 0.25) is 0 Å². The average molecular weight is 227 g/mol. The number of aryl methyl sites for hydroxylation is 2. The number of nitrogens with one attached hydrogen (secondary N) is 1. The molecule has 0 spiro atoms. The van der Waals surface area contributed by atoms with Crippen molar-refractivity contribution in [2.75, 3.05) is 6.54 Å². The molecule has 1 N–H and O–H groups in total. The monoisotopic (exact) mass is 227 g/mol. The largest absolute Gasteiger partial charge is 0.467 e. The Balaban J connectivity index is 2.10. The van der Waals surface area contributed by atoms with Gasteiger partial charge in [0.15, 0.2) is 0 Å². The predicted octanol–water partition coefficient (Wildman–Crippen LogP) is 3.13. The van der Waals surface area contributed by atoms with E-state index in [0.29, 0.717) is 0 Å². The SMILES string of the molecule is Cc1cc2c(cc1C)C(c1ccco1)NCC2. The fourth-order valence-electron chi connectivity index (χ4n) is 2.55. The molecule has 1 aliphatic rings. The molecule has 0 aliphatic carbocycles. The van der Waals surface area contributed by atoms with E-state index in [-0.39, 0.29) is 6.04 Å². The van der Waals surface area contributed by atoms with Crippen LogP contribution in [0.25, 0.3) is 0 Å². The lowest BCUT2D eigenvalue weighted by atomic mass is 9.89. The highest BCUT2D eigenvalue weighted by atomic mass is 16.3. The van der Waals surface area contributed by atoms with Crippen molar-refractivity contribution in [2.45, 2.75) is 26.3 Å². The van der Waals surface area contributed by atoms with Crippen molar-refractivity contribution in [1.82, 2.24) is 5.32 Å². The molecule has 2 aromatic rings. The number of hydrogen-bond acceptors (Lipinski definition) is 2. The highest BCUT2D eigenvalue weighted by Gasteiger charge is 2.23. The molecule has 3 rings (SSSR count). The molecule has 88 valence electrons. The lowest BCUT2D eigenvalue weighted by Gasteiger charge is -2.26. The van der Waals surface area contributed by atoms with Gasteiger partial charge in [-0.3, -0.25) is 0 Å². The summed E-state index contributed by atoms with van der Waals surface area (Å²) >= 11 is 0. The summed E-state index contributed by atoms with van der Waals surface area (Å²) in [4.78, 5) is 0. The van der Waals surface area contributed by atoms with Crippen molar-refractivity contribution < 1.29 is 4.42 Å². The zero-order valence-corrected chi connectivity index (χ0v) is 10.3. The van der Waals surface area contributed by atoms with Crippen LogP contribution in [0, 0.1) is 13.8 Å². The molecule has 1 unspecified atom stereocenters. The van der Waals surface area contributed by atoms with Gasteiger partial charge in [-0.2, -0.15) is 0 Å². The first kappa shape index (κ1) is 10.6. The third kappa shape index (κ3) is 1.79. The third-order valence-corrected chi connectivity index (χ3v) is 3.64. The van der Waals surface area contributed by atoms with Crippen molar-refractivity contribution >= 4 is 0 Å². The molecule has 1 atom stereocenters. The Kier molecular flexibility index (Phi) is 2.52. The highest BCUT2D eigenvalue weighted by molar-refractivity contribution is 5.43. The van der Waals surface area contributed by atoms with Gasteiger partial charge in [0.05, 0.1) is 12.3 Å². The normalized spacial score (nSPS) is 19.1. The number of fused-ring (bicyclic) bond motifs is 1. The van der Waals surface area contributed by atoms with E-state index in [4.69, 9.17) is 4.42 Å². The summed E-state index contributed by atoms with van der Waals surface area (Å²) in [6.45, 7) is 5.36. The lowest BCUT2D eigenvalue weighted by molar-refractivity contribution is 0.435. The van der Waals surface area contributed by atoms with Gasteiger partial charge < -0.3 is 9.73 Å². The maximum absolute atomic E-state index is 5.54. The van der Waals surface area contributed by atoms with Gasteiger partial charge in [-0.05, 0) is 54.7 Å². The molecular weight excluding hydrogens is 210 g/mol. The molecule has 0 bridgehead atoms. The van der Waals surface area contributed by atoms with Gasteiger partial charge in [0.1, 0.15) is 5.76 Å². The van der Waals surface area contributed by atoms with Crippen molar-refractivity contribution in [3.63, 3.8) is 0 Å². The Hall–Kier alpha value is -1.54. The summed E-state index contributed by atoms with van der Waals surface area (Å²) in [5.74, 6) is 1.01. The highest BCUT2D eigenvalue weighted by Crippen LogP contribution is 2.30. The van der Waals surface area contributed by atoms with Crippen LogP contribution in [0.2, 0.25) is 0 Å². The minimum absolute atomic E-state index is 0.216. The summed E-state index contributed by atoms with van der Waals surface area (Å²) in [6.07, 6.45) is 2.85. The van der Waals surface area contributed by atoms with E-state index in [1.165, 1.54) is 22.3 Å². The van der Waals surface area contributed by atoms with Gasteiger partial charge >= 0.3 is 0 Å². The van der Waals surface area contributed by atoms with Crippen LogP contribution in [0.1, 0.15) is 34.1 Å². The van der Waals surface area contributed by atoms with E-state index in [9.17, 15) is 0 Å². The molecule has 1 aliphatic heterocycles. The summed E-state index contributed by atoms with van der Waals surface area (Å²) in [6, 6.07) is 8.83. The van der Waals surface area contributed by atoms with Crippen LogP contribution in [0.5, 0.6) is 0 Å².